The largest absolute Gasteiger partial charge is 0.339 e. The molecule has 2 aliphatic rings. The van der Waals surface area contributed by atoms with Crippen molar-refractivity contribution in [2.24, 2.45) is 0 Å². The molecule has 3 rings (SSSR count). The number of sulfonamides is 1. The van der Waals surface area contributed by atoms with Crippen LogP contribution in [0.4, 0.5) is 0 Å². The van der Waals surface area contributed by atoms with Crippen LogP contribution in [0.2, 0.25) is 0 Å². The lowest BCUT2D eigenvalue weighted by Gasteiger charge is -2.33. The van der Waals surface area contributed by atoms with E-state index in [0.717, 1.165) is 25.2 Å². The molecule has 0 atom stereocenters. The van der Waals surface area contributed by atoms with E-state index in [9.17, 15) is 13.2 Å². The molecular formula is C20H33N5O3S. The third-order valence-corrected chi connectivity index (χ3v) is 7.10. The Hall–Kier alpha value is -1.55. The molecule has 3 heterocycles. The minimum Gasteiger partial charge on any atom is -0.339 e. The number of hydrogen-bond acceptors (Lipinski definition) is 6. The molecule has 29 heavy (non-hydrogen) atoms. The minimum absolute atomic E-state index is 0.0460. The van der Waals surface area contributed by atoms with Gasteiger partial charge < -0.3 is 9.80 Å². The Bertz CT molecular complexity index is 770. The lowest BCUT2D eigenvalue weighted by atomic mass is 10.1. The fourth-order valence-electron chi connectivity index (χ4n) is 3.89. The molecular weight excluding hydrogens is 390 g/mol. The van der Waals surface area contributed by atoms with E-state index < -0.39 is 10.0 Å². The molecule has 162 valence electrons. The zero-order valence-electron chi connectivity index (χ0n) is 17.6. The highest BCUT2D eigenvalue weighted by molar-refractivity contribution is 7.88. The van der Waals surface area contributed by atoms with E-state index in [4.69, 9.17) is 0 Å². The van der Waals surface area contributed by atoms with Crippen LogP contribution in [-0.2, 0) is 16.6 Å². The fourth-order valence-corrected chi connectivity index (χ4v) is 4.72. The highest BCUT2D eigenvalue weighted by Gasteiger charge is 2.23. The van der Waals surface area contributed by atoms with E-state index in [1.54, 1.807) is 17.2 Å². The van der Waals surface area contributed by atoms with Gasteiger partial charge in [-0.3, -0.25) is 14.7 Å². The number of pyridine rings is 1. The molecule has 1 aromatic heterocycles. The molecule has 0 unspecified atom stereocenters. The van der Waals surface area contributed by atoms with Crippen LogP contribution in [0.3, 0.4) is 0 Å². The van der Waals surface area contributed by atoms with Gasteiger partial charge in [-0.2, -0.15) is 4.31 Å². The predicted octanol–water partition coefficient (Wildman–Crippen LogP) is 0.717. The van der Waals surface area contributed by atoms with Crippen molar-refractivity contribution in [1.82, 2.24) is 24.0 Å². The molecule has 1 aromatic rings. The van der Waals surface area contributed by atoms with Crippen molar-refractivity contribution in [2.45, 2.75) is 25.8 Å². The standard InChI is InChI=1S/C20H33N5O3S/c1-22(10-11-23-8-4-3-5-9-23)20(26)19-7-6-18(16-21-19)17-24-12-14-25(15-13-24)29(2,27)28/h6-7,16H,3-5,8-15,17H2,1-2H3. The summed E-state index contributed by atoms with van der Waals surface area (Å²) in [4.78, 5) is 23.4. The van der Waals surface area contributed by atoms with Crippen LogP contribution in [0.1, 0.15) is 35.3 Å². The van der Waals surface area contributed by atoms with Gasteiger partial charge in [0, 0.05) is 59.1 Å². The van der Waals surface area contributed by atoms with Crippen molar-refractivity contribution in [3.8, 4) is 0 Å². The van der Waals surface area contributed by atoms with Gasteiger partial charge >= 0.3 is 0 Å². The monoisotopic (exact) mass is 423 g/mol. The van der Waals surface area contributed by atoms with Crippen LogP contribution in [0.5, 0.6) is 0 Å². The predicted molar refractivity (Wildman–Crippen MR) is 113 cm³/mol. The molecule has 2 aliphatic heterocycles. The van der Waals surface area contributed by atoms with Gasteiger partial charge in [0.05, 0.1) is 6.26 Å². The zero-order valence-corrected chi connectivity index (χ0v) is 18.4. The number of hydrogen-bond donors (Lipinski definition) is 0. The summed E-state index contributed by atoms with van der Waals surface area (Å²) in [7, 11) is -1.27. The smallest absolute Gasteiger partial charge is 0.272 e. The Balaban J connectivity index is 1.46. The summed E-state index contributed by atoms with van der Waals surface area (Å²) >= 11 is 0. The first-order chi connectivity index (χ1) is 13.8. The summed E-state index contributed by atoms with van der Waals surface area (Å²) in [6, 6.07) is 3.74. The fraction of sp³-hybridized carbons (Fsp3) is 0.700. The molecule has 0 N–H and O–H groups in total. The number of likely N-dealkylation sites (tertiary alicyclic amines) is 1. The van der Waals surface area contributed by atoms with Crippen LogP contribution in [0.25, 0.3) is 0 Å². The first-order valence-corrected chi connectivity index (χ1v) is 12.3. The molecule has 0 spiro atoms. The highest BCUT2D eigenvalue weighted by Crippen LogP contribution is 2.12. The molecule has 2 fully saturated rings. The number of aromatic nitrogens is 1. The van der Waals surface area contributed by atoms with Gasteiger partial charge in [0.1, 0.15) is 5.69 Å². The number of amides is 1. The first kappa shape index (κ1) is 22.1. The van der Waals surface area contributed by atoms with Crippen molar-refractivity contribution in [2.75, 3.05) is 65.7 Å². The molecule has 0 aromatic carbocycles. The third kappa shape index (κ3) is 6.47. The van der Waals surface area contributed by atoms with Gasteiger partial charge in [-0.15, -0.1) is 0 Å². The summed E-state index contributed by atoms with van der Waals surface area (Å²) in [5.41, 5.74) is 1.50. The average Bonchev–Trinajstić information content (AvgIpc) is 2.72. The van der Waals surface area contributed by atoms with Gasteiger partial charge in [0.25, 0.3) is 5.91 Å². The van der Waals surface area contributed by atoms with E-state index >= 15 is 0 Å². The maximum atomic E-state index is 12.6. The van der Waals surface area contributed by atoms with Gasteiger partial charge in [-0.05, 0) is 37.6 Å². The second kappa shape index (κ2) is 9.97. The molecule has 0 aliphatic carbocycles. The summed E-state index contributed by atoms with van der Waals surface area (Å²) < 4.78 is 24.7. The Morgan fingerprint density at radius 2 is 1.72 bits per heavy atom. The second-order valence-electron chi connectivity index (χ2n) is 8.12. The third-order valence-electron chi connectivity index (χ3n) is 5.80. The van der Waals surface area contributed by atoms with Crippen molar-refractivity contribution in [1.29, 1.82) is 0 Å². The molecule has 9 heteroatoms. The van der Waals surface area contributed by atoms with Crippen LogP contribution in [0.15, 0.2) is 18.3 Å². The van der Waals surface area contributed by atoms with E-state index in [1.165, 1.54) is 29.8 Å². The number of piperazine rings is 1. The minimum atomic E-state index is -3.11. The quantitative estimate of drug-likeness (QED) is 0.643. The van der Waals surface area contributed by atoms with Crippen LogP contribution in [-0.4, -0.2) is 104 Å². The number of nitrogens with zero attached hydrogens (tertiary/aromatic N) is 5. The van der Waals surface area contributed by atoms with E-state index in [2.05, 4.69) is 14.8 Å². The summed E-state index contributed by atoms with van der Waals surface area (Å²) in [5, 5.41) is 0. The summed E-state index contributed by atoms with van der Waals surface area (Å²) in [6.45, 7) is 7.05. The topological polar surface area (TPSA) is 77.1 Å². The van der Waals surface area contributed by atoms with Crippen molar-refractivity contribution in [3.63, 3.8) is 0 Å². The van der Waals surface area contributed by atoms with Crippen LogP contribution < -0.4 is 0 Å². The Morgan fingerprint density at radius 1 is 1.03 bits per heavy atom. The lowest BCUT2D eigenvalue weighted by Crippen LogP contribution is -2.47. The Kier molecular flexibility index (Phi) is 7.61. The van der Waals surface area contributed by atoms with Crippen molar-refractivity contribution >= 4 is 15.9 Å². The Labute approximate surface area is 174 Å². The summed E-state index contributed by atoms with van der Waals surface area (Å²) in [5.74, 6) is -0.0460. The van der Waals surface area contributed by atoms with Gasteiger partial charge in [0.2, 0.25) is 10.0 Å². The SMILES string of the molecule is CN(CCN1CCCCC1)C(=O)c1ccc(CN2CCN(S(C)(=O)=O)CC2)cn1. The number of piperidine rings is 1. The maximum absolute atomic E-state index is 12.6. The van der Waals surface area contributed by atoms with E-state index in [1.807, 2.05) is 13.1 Å². The zero-order chi connectivity index (χ0) is 20.9. The number of rotatable bonds is 7. The van der Waals surface area contributed by atoms with E-state index in [0.29, 0.717) is 45.0 Å². The molecule has 0 saturated carbocycles. The molecule has 0 radical (unpaired) electrons. The van der Waals surface area contributed by atoms with Gasteiger partial charge in [0.15, 0.2) is 0 Å². The van der Waals surface area contributed by atoms with Crippen molar-refractivity contribution in [3.05, 3.63) is 29.6 Å². The van der Waals surface area contributed by atoms with Gasteiger partial charge in [-0.1, -0.05) is 12.5 Å². The summed E-state index contributed by atoms with van der Waals surface area (Å²) in [6.07, 6.45) is 6.84. The van der Waals surface area contributed by atoms with Crippen LogP contribution >= 0.6 is 0 Å². The van der Waals surface area contributed by atoms with Crippen LogP contribution in [0, 0.1) is 0 Å². The number of carbonyl (C=O) groups excluding carboxylic acids is 1. The lowest BCUT2D eigenvalue weighted by molar-refractivity contribution is 0.0767. The first-order valence-electron chi connectivity index (χ1n) is 10.4. The normalized spacial score (nSPS) is 19.9. The molecule has 2 saturated heterocycles. The van der Waals surface area contributed by atoms with E-state index in [-0.39, 0.29) is 5.91 Å². The maximum Gasteiger partial charge on any atom is 0.272 e. The second-order valence-corrected chi connectivity index (χ2v) is 10.1. The van der Waals surface area contributed by atoms with Gasteiger partial charge in [-0.25, -0.2) is 8.42 Å². The molecule has 1 amide bonds. The number of carbonyl (C=O) groups is 1. The van der Waals surface area contributed by atoms with Crippen molar-refractivity contribution < 1.29 is 13.2 Å². The molecule has 8 nitrogen and oxygen atoms in total. The molecule has 0 bridgehead atoms. The average molecular weight is 424 g/mol. The Morgan fingerprint density at radius 3 is 2.31 bits per heavy atom. The highest BCUT2D eigenvalue weighted by atomic mass is 32.2. The number of likely N-dealkylation sites (N-methyl/N-ethyl adjacent to an activating group) is 1.